The molecule has 0 saturated heterocycles. The highest BCUT2D eigenvalue weighted by atomic mass is 32.2. The van der Waals surface area contributed by atoms with Crippen molar-refractivity contribution >= 4 is 15.9 Å². The first-order valence-electron chi connectivity index (χ1n) is 5.06. The summed E-state index contributed by atoms with van der Waals surface area (Å²) in [6.07, 6.45) is 0. The van der Waals surface area contributed by atoms with E-state index in [9.17, 15) is 8.42 Å². The number of rotatable bonds is 6. The Bertz CT molecular complexity index is 425. The van der Waals surface area contributed by atoms with Gasteiger partial charge in [0.15, 0.2) is 0 Å². The Morgan fingerprint density at radius 1 is 1.50 bits per heavy atom. The SMILES string of the molecule is Cc1cc(NS(=O)(=O)CCNC(C)C)on1. The number of hydrogen-bond acceptors (Lipinski definition) is 5. The highest BCUT2D eigenvalue weighted by Gasteiger charge is 2.12. The Morgan fingerprint density at radius 3 is 2.69 bits per heavy atom. The molecule has 0 unspecified atom stereocenters. The van der Waals surface area contributed by atoms with E-state index in [0.29, 0.717) is 12.2 Å². The summed E-state index contributed by atoms with van der Waals surface area (Å²) in [4.78, 5) is 0. The Hall–Kier alpha value is -1.08. The molecule has 1 heterocycles. The van der Waals surface area contributed by atoms with E-state index >= 15 is 0 Å². The van der Waals surface area contributed by atoms with Crippen molar-refractivity contribution in [1.82, 2.24) is 10.5 Å². The number of hydrogen-bond donors (Lipinski definition) is 2. The number of nitrogens with zero attached hydrogens (tertiary/aromatic N) is 1. The average molecular weight is 247 g/mol. The van der Waals surface area contributed by atoms with Crippen LogP contribution in [0.25, 0.3) is 0 Å². The molecule has 92 valence electrons. The van der Waals surface area contributed by atoms with Gasteiger partial charge in [0.1, 0.15) is 0 Å². The van der Waals surface area contributed by atoms with Crippen molar-refractivity contribution < 1.29 is 12.9 Å². The van der Waals surface area contributed by atoms with Gasteiger partial charge in [-0.15, -0.1) is 0 Å². The molecule has 16 heavy (non-hydrogen) atoms. The van der Waals surface area contributed by atoms with Gasteiger partial charge in [0.2, 0.25) is 15.9 Å². The minimum atomic E-state index is -3.36. The maximum Gasteiger partial charge on any atom is 0.238 e. The molecule has 1 aromatic rings. The fraction of sp³-hybridized carbons (Fsp3) is 0.667. The van der Waals surface area contributed by atoms with Crippen LogP contribution in [0.5, 0.6) is 0 Å². The Balaban J connectivity index is 2.46. The first kappa shape index (κ1) is 13.0. The summed E-state index contributed by atoms with van der Waals surface area (Å²) in [7, 11) is -3.36. The van der Waals surface area contributed by atoms with Gasteiger partial charge >= 0.3 is 0 Å². The third kappa shape index (κ3) is 4.63. The normalized spacial score (nSPS) is 12.0. The molecule has 1 rings (SSSR count). The maximum absolute atomic E-state index is 11.6. The van der Waals surface area contributed by atoms with Gasteiger partial charge in [0.25, 0.3) is 0 Å². The number of aryl methyl sites for hydroxylation is 1. The van der Waals surface area contributed by atoms with Crippen molar-refractivity contribution in [2.45, 2.75) is 26.8 Å². The van der Waals surface area contributed by atoms with Crippen molar-refractivity contribution in [2.75, 3.05) is 17.0 Å². The predicted molar refractivity (Wildman–Crippen MR) is 61.8 cm³/mol. The van der Waals surface area contributed by atoms with Crippen LogP contribution in [0.2, 0.25) is 0 Å². The first-order chi connectivity index (χ1) is 7.39. The lowest BCUT2D eigenvalue weighted by molar-refractivity contribution is 0.430. The van der Waals surface area contributed by atoms with Crippen LogP contribution in [-0.2, 0) is 10.0 Å². The summed E-state index contributed by atoms with van der Waals surface area (Å²) in [6, 6.07) is 1.80. The Morgan fingerprint density at radius 2 is 2.19 bits per heavy atom. The second-order valence-corrected chi connectivity index (χ2v) is 5.70. The summed E-state index contributed by atoms with van der Waals surface area (Å²) in [6.45, 7) is 6.04. The fourth-order valence-electron chi connectivity index (χ4n) is 1.10. The molecular formula is C9H17N3O3S. The minimum Gasteiger partial charge on any atom is -0.338 e. The van der Waals surface area contributed by atoms with Crippen molar-refractivity contribution in [3.05, 3.63) is 11.8 Å². The molecule has 0 fully saturated rings. The molecule has 0 atom stereocenters. The Labute approximate surface area is 95.4 Å². The monoisotopic (exact) mass is 247 g/mol. The highest BCUT2D eigenvalue weighted by Crippen LogP contribution is 2.10. The van der Waals surface area contributed by atoms with Crippen molar-refractivity contribution in [1.29, 1.82) is 0 Å². The molecule has 0 aliphatic rings. The quantitative estimate of drug-likeness (QED) is 0.774. The molecule has 2 N–H and O–H groups in total. The molecule has 1 aromatic heterocycles. The van der Waals surface area contributed by atoms with E-state index < -0.39 is 10.0 Å². The molecule has 6 nitrogen and oxygen atoms in total. The summed E-state index contributed by atoms with van der Waals surface area (Å²) in [5.41, 5.74) is 0.637. The fourth-order valence-corrected chi connectivity index (χ4v) is 1.99. The van der Waals surface area contributed by atoms with Crippen molar-refractivity contribution in [3.8, 4) is 0 Å². The molecule has 0 aliphatic heterocycles. The van der Waals surface area contributed by atoms with Gasteiger partial charge < -0.3 is 9.84 Å². The van der Waals surface area contributed by atoms with E-state index in [-0.39, 0.29) is 17.7 Å². The molecule has 0 spiro atoms. The number of aromatic nitrogens is 1. The molecule has 0 aromatic carbocycles. The summed E-state index contributed by atoms with van der Waals surface area (Å²) >= 11 is 0. The molecule has 7 heteroatoms. The average Bonchev–Trinajstić information content (AvgIpc) is 2.48. The lowest BCUT2D eigenvalue weighted by Gasteiger charge is -2.08. The molecule has 0 bridgehead atoms. The summed E-state index contributed by atoms with van der Waals surface area (Å²) in [5.74, 6) is 0.160. The summed E-state index contributed by atoms with van der Waals surface area (Å²) < 4.78 is 30.2. The van der Waals surface area contributed by atoms with Crippen LogP contribution in [0.3, 0.4) is 0 Å². The second kappa shape index (κ2) is 5.31. The van der Waals surface area contributed by atoms with Crippen LogP contribution in [0.15, 0.2) is 10.6 Å². The van der Waals surface area contributed by atoms with Gasteiger partial charge in [0.05, 0.1) is 11.4 Å². The zero-order chi connectivity index (χ0) is 12.2. The molecule has 0 amide bonds. The van der Waals surface area contributed by atoms with E-state index in [0.717, 1.165) is 0 Å². The van der Waals surface area contributed by atoms with Gasteiger partial charge in [0, 0.05) is 18.7 Å². The molecular weight excluding hydrogens is 230 g/mol. The lowest BCUT2D eigenvalue weighted by atomic mass is 10.4. The van der Waals surface area contributed by atoms with Crippen LogP contribution >= 0.6 is 0 Å². The van der Waals surface area contributed by atoms with Gasteiger partial charge in [-0.1, -0.05) is 19.0 Å². The third-order valence-electron chi connectivity index (χ3n) is 1.81. The van der Waals surface area contributed by atoms with E-state index in [1.165, 1.54) is 6.07 Å². The van der Waals surface area contributed by atoms with Gasteiger partial charge in [-0.25, -0.2) is 8.42 Å². The van der Waals surface area contributed by atoms with Crippen molar-refractivity contribution in [2.24, 2.45) is 0 Å². The highest BCUT2D eigenvalue weighted by molar-refractivity contribution is 7.92. The smallest absolute Gasteiger partial charge is 0.238 e. The van der Waals surface area contributed by atoms with Crippen LogP contribution in [0.4, 0.5) is 5.88 Å². The molecule has 0 radical (unpaired) electrons. The van der Waals surface area contributed by atoms with Gasteiger partial charge in [-0.2, -0.15) is 0 Å². The predicted octanol–water partition coefficient (Wildman–Crippen LogP) is 0.723. The summed E-state index contributed by atoms with van der Waals surface area (Å²) in [5, 5.41) is 6.62. The van der Waals surface area contributed by atoms with E-state index in [2.05, 4.69) is 15.2 Å². The minimum absolute atomic E-state index is 0.00489. The topological polar surface area (TPSA) is 84.2 Å². The van der Waals surface area contributed by atoms with Crippen LogP contribution < -0.4 is 10.0 Å². The maximum atomic E-state index is 11.6. The van der Waals surface area contributed by atoms with E-state index in [1.54, 1.807) is 6.92 Å². The number of anilines is 1. The first-order valence-corrected chi connectivity index (χ1v) is 6.71. The molecule has 0 saturated carbocycles. The van der Waals surface area contributed by atoms with Crippen LogP contribution in [0.1, 0.15) is 19.5 Å². The number of sulfonamides is 1. The third-order valence-corrected chi connectivity index (χ3v) is 3.06. The van der Waals surface area contributed by atoms with Gasteiger partial charge in [-0.05, 0) is 6.92 Å². The van der Waals surface area contributed by atoms with E-state index in [4.69, 9.17) is 4.52 Å². The zero-order valence-corrected chi connectivity index (χ0v) is 10.5. The zero-order valence-electron chi connectivity index (χ0n) is 9.65. The van der Waals surface area contributed by atoms with Crippen LogP contribution in [-0.4, -0.2) is 31.9 Å². The lowest BCUT2D eigenvalue weighted by Crippen LogP contribution is -2.30. The van der Waals surface area contributed by atoms with E-state index in [1.807, 2.05) is 13.8 Å². The van der Waals surface area contributed by atoms with Crippen molar-refractivity contribution in [3.63, 3.8) is 0 Å². The standard InChI is InChI=1S/C9H17N3O3S/c1-7(2)10-4-5-16(13,14)12-9-6-8(3)11-15-9/h6-7,10,12H,4-5H2,1-3H3. The second-order valence-electron chi connectivity index (χ2n) is 3.86. The number of nitrogens with one attached hydrogen (secondary N) is 2. The largest absolute Gasteiger partial charge is 0.338 e. The van der Waals surface area contributed by atoms with Gasteiger partial charge in [-0.3, -0.25) is 4.72 Å². The Kier molecular flexibility index (Phi) is 4.31. The molecule has 0 aliphatic carbocycles. The van der Waals surface area contributed by atoms with Crippen LogP contribution in [0, 0.1) is 6.92 Å².